The van der Waals surface area contributed by atoms with Gasteiger partial charge >= 0.3 is 0 Å². The number of rotatable bonds is 15. The van der Waals surface area contributed by atoms with E-state index in [-0.39, 0.29) is 24.2 Å². The van der Waals surface area contributed by atoms with Gasteiger partial charge in [-0.15, -0.1) is 0 Å². The van der Waals surface area contributed by atoms with Crippen LogP contribution >= 0.6 is 0 Å². The summed E-state index contributed by atoms with van der Waals surface area (Å²) < 4.78 is 0. The number of carbonyl (C=O) groups is 1. The smallest absolute Gasteiger partial charge is 0.246 e. The standard InChI is InChI=1S/C18H28N2O5/c1-2-3-8-12-17(19(22)23)14-11-15-18(20(24)25)13-9-6-4-5-7-10-16-21/h3,8,14-16H,2,4-7,9-13H2,1H3/b8-3+,17-14-,18-15-. The van der Waals surface area contributed by atoms with E-state index in [9.17, 15) is 25.0 Å². The molecule has 7 heteroatoms. The van der Waals surface area contributed by atoms with E-state index in [0.29, 0.717) is 19.3 Å². The normalized spacial score (nSPS) is 12.5. The third kappa shape index (κ3) is 12.7. The summed E-state index contributed by atoms with van der Waals surface area (Å²) in [5.41, 5.74) is 0.162. The zero-order valence-electron chi connectivity index (χ0n) is 14.9. The molecule has 25 heavy (non-hydrogen) atoms. The second kappa shape index (κ2) is 15.2. The first kappa shape index (κ1) is 22.7. The van der Waals surface area contributed by atoms with E-state index in [1.54, 1.807) is 6.08 Å². The molecule has 0 aromatic heterocycles. The van der Waals surface area contributed by atoms with Gasteiger partial charge in [-0.2, -0.15) is 0 Å². The van der Waals surface area contributed by atoms with Crippen LogP contribution in [0.15, 0.2) is 35.7 Å². The number of allylic oxidation sites excluding steroid dienone is 5. The maximum absolute atomic E-state index is 11.1. The molecule has 0 saturated heterocycles. The molecule has 0 aliphatic carbocycles. The highest BCUT2D eigenvalue weighted by Gasteiger charge is 2.11. The molecular weight excluding hydrogens is 324 g/mol. The van der Waals surface area contributed by atoms with Gasteiger partial charge in [-0.3, -0.25) is 20.2 Å². The molecule has 0 bridgehead atoms. The number of hydrogen-bond donors (Lipinski definition) is 0. The quantitative estimate of drug-likeness (QED) is 0.136. The van der Waals surface area contributed by atoms with Crippen LogP contribution in [-0.4, -0.2) is 16.1 Å². The number of aldehydes is 1. The second-order valence-electron chi connectivity index (χ2n) is 5.70. The van der Waals surface area contributed by atoms with Gasteiger partial charge in [-0.25, -0.2) is 0 Å². The van der Waals surface area contributed by atoms with Crippen molar-refractivity contribution in [1.29, 1.82) is 0 Å². The van der Waals surface area contributed by atoms with Crippen LogP contribution in [0.1, 0.15) is 71.1 Å². The van der Waals surface area contributed by atoms with Gasteiger partial charge < -0.3 is 4.79 Å². The Morgan fingerprint density at radius 3 is 2.08 bits per heavy atom. The lowest BCUT2D eigenvalue weighted by Crippen LogP contribution is -2.00. The predicted octanol–water partition coefficient (Wildman–Crippen LogP) is 4.98. The van der Waals surface area contributed by atoms with E-state index in [1.165, 1.54) is 12.2 Å². The van der Waals surface area contributed by atoms with Gasteiger partial charge in [0.05, 0.1) is 16.3 Å². The summed E-state index contributed by atoms with van der Waals surface area (Å²) in [5, 5.41) is 22.0. The van der Waals surface area contributed by atoms with Crippen molar-refractivity contribution in [3.63, 3.8) is 0 Å². The molecule has 0 aromatic rings. The van der Waals surface area contributed by atoms with Crippen LogP contribution < -0.4 is 0 Å². The van der Waals surface area contributed by atoms with Crippen LogP contribution in [0.25, 0.3) is 0 Å². The van der Waals surface area contributed by atoms with Crippen LogP contribution in [0.2, 0.25) is 0 Å². The highest BCUT2D eigenvalue weighted by molar-refractivity contribution is 5.48. The Balaban J connectivity index is 4.42. The van der Waals surface area contributed by atoms with Crippen molar-refractivity contribution < 1.29 is 14.6 Å². The average molecular weight is 352 g/mol. The van der Waals surface area contributed by atoms with E-state index < -0.39 is 9.85 Å². The monoisotopic (exact) mass is 352 g/mol. The number of unbranched alkanes of at least 4 members (excludes halogenated alkanes) is 5. The van der Waals surface area contributed by atoms with Crippen LogP contribution in [0, 0.1) is 20.2 Å². The van der Waals surface area contributed by atoms with E-state index >= 15 is 0 Å². The molecule has 0 unspecified atom stereocenters. The zero-order chi connectivity index (χ0) is 18.9. The van der Waals surface area contributed by atoms with Crippen molar-refractivity contribution in [2.45, 2.75) is 71.1 Å². The Labute approximate surface area is 148 Å². The van der Waals surface area contributed by atoms with Crippen LogP contribution in [0.5, 0.6) is 0 Å². The van der Waals surface area contributed by atoms with Crippen molar-refractivity contribution >= 4 is 6.29 Å². The molecule has 0 saturated carbocycles. The summed E-state index contributed by atoms with van der Waals surface area (Å²) in [6.07, 6.45) is 13.9. The topological polar surface area (TPSA) is 103 Å². The molecule has 0 amide bonds. The maximum Gasteiger partial charge on any atom is 0.246 e. The largest absolute Gasteiger partial charge is 0.303 e. The average Bonchev–Trinajstić information content (AvgIpc) is 2.57. The minimum absolute atomic E-state index is 0.0545. The fraction of sp³-hybridized carbons (Fsp3) is 0.611. The Morgan fingerprint density at radius 1 is 0.880 bits per heavy atom. The third-order valence-corrected chi connectivity index (χ3v) is 3.66. The Kier molecular flexibility index (Phi) is 13.8. The van der Waals surface area contributed by atoms with Gasteiger partial charge in [0.1, 0.15) is 6.29 Å². The first-order chi connectivity index (χ1) is 12.0. The predicted molar refractivity (Wildman–Crippen MR) is 97.2 cm³/mol. The molecule has 0 radical (unpaired) electrons. The van der Waals surface area contributed by atoms with E-state index in [4.69, 9.17) is 0 Å². The van der Waals surface area contributed by atoms with Crippen LogP contribution in [0.4, 0.5) is 0 Å². The van der Waals surface area contributed by atoms with E-state index in [0.717, 1.165) is 38.4 Å². The summed E-state index contributed by atoms with van der Waals surface area (Å²) in [6, 6.07) is 0. The molecule has 0 spiro atoms. The minimum atomic E-state index is -0.445. The van der Waals surface area contributed by atoms with Crippen molar-refractivity contribution in [2.75, 3.05) is 0 Å². The van der Waals surface area contributed by atoms with Crippen molar-refractivity contribution in [1.82, 2.24) is 0 Å². The van der Waals surface area contributed by atoms with Gasteiger partial charge in [-0.1, -0.05) is 38.3 Å². The van der Waals surface area contributed by atoms with Crippen molar-refractivity contribution in [3.05, 3.63) is 55.9 Å². The fourth-order valence-electron chi connectivity index (χ4n) is 2.27. The van der Waals surface area contributed by atoms with Gasteiger partial charge in [-0.05, 0) is 37.8 Å². The number of nitrogens with zero attached hydrogens (tertiary/aromatic N) is 2. The summed E-state index contributed by atoms with van der Waals surface area (Å²) >= 11 is 0. The van der Waals surface area contributed by atoms with E-state index in [1.807, 2.05) is 13.0 Å². The highest BCUT2D eigenvalue weighted by Crippen LogP contribution is 2.14. The van der Waals surface area contributed by atoms with Crippen LogP contribution in [0.3, 0.4) is 0 Å². The fourth-order valence-corrected chi connectivity index (χ4v) is 2.27. The minimum Gasteiger partial charge on any atom is -0.303 e. The number of nitro groups is 2. The second-order valence-corrected chi connectivity index (χ2v) is 5.70. The molecule has 0 N–H and O–H groups in total. The molecule has 0 rings (SSSR count). The number of carbonyl (C=O) groups excluding carboxylic acids is 1. The Morgan fingerprint density at radius 2 is 1.48 bits per heavy atom. The van der Waals surface area contributed by atoms with Gasteiger partial charge in [0.25, 0.3) is 0 Å². The van der Waals surface area contributed by atoms with Crippen molar-refractivity contribution in [3.8, 4) is 0 Å². The van der Waals surface area contributed by atoms with Gasteiger partial charge in [0.15, 0.2) is 0 Å². The molecule has 0 aliphatic rings. The Hall–Kier alpha value is -2.31. The zero-order valence-corrected chi connectivity index (χ0v) is 14.9. The summed E-state index contributed by atoms with van der Waals surface area (Å²) in [5.74, 6) is 0. The van der Waals surface area contributed by atoms with Gasteiger partial charge in [0.2, 0.25) is 11.4 Å². The molecule has 0 aliphatic heterocycles. The molecule has 0 aromatic carbocycles. The lowest BCUT2D eigenvalue weighted by Gasteiger charge is -2.00. The molecular formula is C18H28N2O5. The van der Waals surface area contributed by atoms with Crippen molar-refractivity contribution in [2.24, 2.45) is 0 Å². The summed E-state index contributed by atoms with van der Waals surface area (Å²) in [4.78, 5) is 31.3. The van der Waals surface area contributed by atoms with Crippen LogP contribution in [-0.2, 0) is 4.79 Å². The molecule has 140 valence electrons. The lowest BCUT2D eigenvalue weighted by atomic mass is 10.1. The molecule has 0 atom stereocenters. The summed E-state index contributed by atoms with van der Waals surface area (Å²) in [7, 11) is 0. The number of hydrogen-bond acceptors (Lipinski definition) is 5. The molecule has 0 heterocycles. The maximum atomic E-state index is 11.1. The first-order valence-electron chi connectivity index (χ1n) is 8.78. The molecule has 7 nitrogen and oxygen atoms in total. The van der Waals surface area contributed by atoms with E-state index in [2.05, 4.69) is 0 Å². The SMILES string of the molecule is CC/C=C/C/C(=C/C/C=C(/CCCCCCCC=O)[N+](=O)[O-])[N+](=O)[O-]. The highest BCUT2D eigenvalue weighted by atomic mass is 16.6. The van der Waals surface area contributed by atoms with Gasteiger partial charge in [0, 0.05) is 12.8 Å². The Bertz CT molecular complexity index is 510. The first-order valence-corrected chi connectivity index (χ1v) is 8.78. The lowest BCUT2D eigenvalue weighted by molar-refractivity contribution is -0.428. The third-order valence-electron chi connectivity index (χ3n) is 3.66. The summed E-state index contributed by atoms with van der Waals surface area (Å²) in [6.45, 7) is 1.94. The molecule has 0 fully saturated rings.